The highest BCUT2D eigenvalue weighted by atomic mass is 16.5. The van der Waals surface area contributed by atoms with Crippen molar-refractivity contribution < 1.29 is 4.74 Å². The molecular weight excluding hydrogens is 238 g/mol. The van der Waals surface area contributed by atoms with E-state index in [-0.39, 0.29) is 0 Å². The number of nitrogens with one attached hydrogen (secondary N) is 1. The summed E-state index contributed by atoms with van der Waals surface area (Å²) < 4.78 is 5.37. The van der Waals surface area contributed by atoms with E-state index in [0.717, 1.165) is 50.8 Å². The van der Waals surface area contributed by atoms with E-state index < -0.39 is 0 Å². The third-order valence-electron chi connectivity index (χ3n) is 3.61. The van der Waals surface area contributed by atoms with Gasteiger partial charge in [0, 0.05) is 43.6 Å². The molecule has 4 nitrogen and oxygen atoms in total. The minimum absolute atomic E-state index is 0.485. The molecule has 1 saturated heterocycles. The van der Waals surface area contributed by atoms with Gasteiger partial charge < -0.3 is 10.1 Å². The SMILES string of the molecule is Cc1ccc(CNC(C)CN2CCOCC2)c(C)n1. The van der Waals surface area contributed by atoms with E-state index in [0.29, 0.717) is 6.04 Å². The fraction of sp³-hybridized carbons (Fsp3) is 0.667. The van der Waals surface area contributed by atoms with E-state index in [9.17, 15) is 0 Å². The number of aryl methyl sites for hydroxylation is 2. The lowest BCUT2D eigenvalue weighted by molar-refractivity contribution is 0.0343. The molecule has 1 atom stereocenters. The summed E-state index contributed by atoms with van der Waals surface area (Å²) in [5.41, 5.74) is 3.51. The first-order chi connectivity index (χ1) is 9.15. The molecule has 0 spiro atoms. The van der Waals surface area contributed by atoms with Gasteiger partial charge in [-0.25, -0.2) is 0 Å². The van der Waals surface area contributed by atoms with Gasteiger partial charge in [-0.05, 0) is 32.4 Å². The summed E-state index contributed by atoms with van der Waals surface area (Å²) in [7, 11) is 0. The second-order valence-corrected chi connectivity index (χ2v) is 5.39. The monoisotopic (exact) mass is 263 g/mol. The van der Waals surface area contributed by atoms with Crippen molar-refractivity contribution >= 4 is 0 Å². The summed E-state index contributed by atoms with van der Waals surface area (Å²) in [5, 5.41) is 3.58. The molecule has 1 aliphatic heterocycles. The molecule has 0 aliphatic carbocycles. The van der Waals surface area contributed by atoms with Crippen LogP contribution >= 0.6 is 0 Å². The van der Waals surface area contributed by atoms with Crippen molar-refractivity contribution in [2.75, 3.05) is 32.8 Å². The number of morpholine rings is 1. The third-order valence-corrected chi connectivity index (χ3v) is 3.61. The highest BCUT2D eigenvalue weighted by Gasteiger charge is 2.13. The average Bonchev–Trinajstić information content (AvgIpc) is 2.39. The molecule has 1 N–H and O–H groups in total. The minimum atomic E-state index is 0.485. The highest BCUT2D eigenvalue weighted by Crippen LogP contribution is 2.07. The van der Waals surface area contributed by atoms with E-state index in [1.54, 1.807) is 0 Å². The van der Waals surface area contributed by atoms with Crippen LogP contribution in [0.5, 0.6) is 0 Å². The van der Waals surface area contributed by atoms with Crippen LogP contribution in [0.4, 0.5) is 0 Å². The summed E-state index contributed by atoms with van der Waals surface area (Å²) in [6.07, 6.45) is 0. The summed E-state index contributed by atoms with van der Waals surface area (Å²) in [6, 6.07) is 4.74. The minimum Gasteiger partial charge on any atom is -0.379 e. The molecule has 1 aromatic rings. The number of aromatic nitrogens is 1. The Morgan fingerprint density at radius 1 is 1.32 bits per heavy atom. The molecule has 19 heavy (non-hydrogen) atoms. The molecule has 1 unspecified atom stereocenters. The molecule has 2 heterocycles. The molecule has 1 fully saturated rings. The van der Waals surface area contributed by atoms with Crippen LogP contribution < -0.4 is 5.32 Å². The Morgan fingerprint density at radius 2 is 2.05 bits per heavy atom. The Labute approximate surface area is 116 Å². The van der Waals surface area contributed by atoms with Gasteiger partial charge in [0.2, 0.25) is 0 Å². The van der Waals surface area contributed by atoms with E-state index in [2.05, 4.69) is 41.2 Å². The predicted octanol–water partition coefficient (Wildman–Crippen LogP) is 1.51. The van der Waals surface area contributed by atoms with Gasteiger partial charge in [0.1, 0.15) is 0 Å². The van der Waals surface area contributed by atoms with Gasteiger partial charge in [-0.2, -0.15) is 0 Å². The van der Waals surface area contributed by atoms with Crippen LogP contribution in [-0.4, -0.2) is 48.8 Å². The Morgan fingerprint density at radius 3 is 2.74 bits per heavy atom. The first kappa shape index (κ1) is 14.4. The van der Waals surface area contributed by atoms with Crippen molar-refractivity contribution in [1.29, 1.82) is 0 Å². The summed E-state index contributed by atoms with van der Waals surface area (Å²) >= 11 is 0. The average molecular weight is 263 g/mol. The van der Waals surface area contributed by atoms with Crippen LogP contribution in [0, 0.1) is 13.8 Å². The van der Waals surface area contributed by atoms with Gasteiger partial charge in [0.15, 0.2) is 0 Å². The molecule has 0 bridgehead atoms. The number of ether oxygens (including phenoxy) is 1. The Kier molecular flexibility index (Phi) is 5.31. The van der Waals surface area contributed by atoms with Crippen molar-refractivity contribution in [3.05, 3.63) is 29.1 Å². The topological polar surface area (TPSA) is 37.4 Å². The smallest absolute Gasteiger partial charge is 0.0594 e. The van der Waals surface area contributed by atoms with Crippen molar-refractivity contribution in [2.45, 2.75) is 33.4 Å². The van der Waals surface area contributed by atoms with Gasteiger partial charge in [-0.1, -0.05) is 6.07 Å². The number of rotatable bonds is 5. The Bertz CT molecular complexity index is 402. The number of nitrogens with zero attached hydrogens (tertiary/aromatic N) is 2. The van der Waals surface area contributed by atoms with Crippen molar-refractivity contribution in [3.63, 3.8) is 0 Å². The summed E-state index contributed by atoms with van der Waals surface area (Å²) in [6.45, 7) is 12.2. The molecule has 4 heteroatoms. The zero-order valence-corrected chi connectivity index (χ0v) is 12.3. The lowest BCUT2D eigenvalue weighted by Crippen LogP contribution is -2.44. The lowest BCUT2D eigenvalue weighted by atomic mass is 10.1. The highest BCUT2D eigenvalue weighted by molar-refractivity contribution is 5.21. The maximum Gasteiger partial charge on any atom is 0.0594 e. The molecule has 0 saturated carbocycles. The summed E-state index contributed by atoms with van der Waals surface area (Å²) in [5.74, 6) is 0. The molecule has 0 amide bonds. The molecule has 0 aromatic carbocycles. The van der Waals surface area contributed by atoms with Crippen molar-refractivity contribution in [2.24, 2.45) is 0 Å². The number of pyridine rings is 1. The fourth-order valence-corrected chi connectivity index (χ4v) is 2.42. The summed E-state index contributed by atoms with van der Waals surface area (Å²) in [4.78, 5) is 6.96. The normalized spacial score (nSPS) is 18.5. The van der Waals surface area contributed by atoms with Gasteiger partial charge >= 0.3 is 0 Å². The Hall–Kier alpha value is -0.970. The van der Waals surface area contributed by atoms with Gasteiger partial charge in [0.05, 0.1) is 13.2 Å². The molecular formula is C15H25N3O. The van der Waals surface area contributed by atoms with Crippen LogP contribution in [0.15, 0.2) is 12.1 Å². The van der Waals surface area contributed by atoms with Gasteiger partial charge in [-0.3, -0.25) is 9.88 Å². The molecule has 1 aliphatic rings. The largest absolute Gasteiger partial charge is 0.379 e. The number of hydrogen-bond donors (Lipinski definition) is 1. The van der Waals surface area contributed by atoms with Crippen LogP contribution in [0.2, 0.25) is 0 Å². The zero-order chi connectivity index (χ0) is 13.7. The van der Waals surface area contributed by atoms with E-state index in [1.165, 1.54) is 5.56 Å². The van der Waals surface area contributed by atoms with Crippen LogP contribution in [0.3, 0.4) is 0 Å². The zero-order valence-electron chi connectivity index (χ0n) is 12.3. The lowest BCUT2D eigenvalue weighted by Gasteiger charge is -2.29. The van der Waals surface area contributed by atoms with Gasteiger partial charge in [-0.15, -0.1) is 0 Å². The predicted molar refractivity (Wildman–Crippen MR) is 77.3 cm³/mol. The maximum absolute atomic E-state index is 5.37. The number of hydrogen-bond acceptors (Lipinski definition) is 4. The quantitative estimate of drug-likeness (QED) is 0.874. The third kappa shape index (κ3) is 4.56. The fourth-order valence-electron chi connectivity index (χ4n) is 2.42. The first-order valence-corrected chi connectivity index (χ1v) is 7.12. The van der Waals surface area contributed by atoms with Gasteiger partial charge in [0.25, 0.3) is 0 Å². The van der Waals surface area contributed by atoms with Crippen molar-refractivity contribution in [1.82, 2.24) is 15.2 Å². The van der Waals surface area contributed by atoms with Crippen molar-refractivity contribution in [3.8, 4) is 0 Å². The standard InChI is InChI=1S/C15H25N3O/c1-12-4-5-15(14(3)17-12)10-16-13(2)11-18-6-8-19-9-7-18/h4-5,13,16H,6-11H2,1-3H3. The second kappa shape index (κ2) is 6.98. The van der Waals surface area contributed by atoms with Crippen LogP contribution in [0.25, 0.3) is 0 Å². The van der Waals surface area contributed by atoms with Crippen LogP contribution in [-0.2, 0) is 11.3 Å². The molecule has 0 radical (unpaired) electrons. The van der Waals surface area contributed by atoms with E-state index >= 15 is 0 Å². The first-order valence-electron chi connectivity index (χ1n) is 7.12. The second-order valence-electron chi connectivity index (χ2n) is 5.39. The van der Waals surface area contributed by atoms with Crippen LogP contribution in [0.1, 0.15) is 23.9 Å². The molecule has 1 aromatic heterocycles. The molecule has 2 rings (SSSR count). The van der Waals surface area contributed by atoms with E-state index in [4.69, 9.17) is 4.74 Å². The molecule has 106 valence electrons. The maximum atomic E-state index is 5.37. The van der Waals surface area contributed by atoms with E-state index in [1.807, 2.05) is 6.92 Å². The Balaban J connectivity index is 1.77.